The summed E-state index contributed by atoms with van der Waals surface area (Å²) in [4.78, 5) is 12.8. The number of benzene rings is 1. The number of aryl methyl sites for hydroxylation is 1. The van der Waals surface area contributed by atoms with Crippen LogP contribution in [-0.2, 0) is 9.84 Å². The second kappa shape index (κ2) is 7.64. The molecule has 1 aliphatic carbocycles. The summed E-state index contributed by atoms with van der Waals surface area (Å²) in [7, 11) is -3.31. The van der Waals surface area contributed by atoms with Gasteiger partial charge in [0.05, 0.1) is 17.3 Å². The van der Waals surface area contributed by atoms with Crippen molar-refractivity contribution in [2.45, 2.75) is 38.0 Å². The van der Waals surface area contributed by atoms with E-state index in [0.717, 1.165) is 51.0 Å². The number of hydrogen-bond acceptors (Lipinski definition) is 5. The molecule has 5 rings (SSSR count). The number of aromatic nitrogens is 3. The summed E-state index contributed by atoms with van der Waals surface area (Å²) in [6, 6.07) is 9.16. The number of fused-ring (bicyclic) bond motifs is 3. The molecular weight excluding hydrogens is 410 g/mol. The Morgan fingerprint density at radius 2 is 2.00 bits per heavy atom. The van der Waals surface area contributed by atoms with Crippen LogP contribution in [0.25, 0.3) is 33.1 Å². The molecule has 3 aromatic heterocycles. The van der Waals surface area contributed by atoms with E-state index in [1.54, 1.807) is 31.3 Å². The molecule has 4 aromatic rings. The highest BCUT2D eigenvalue weighted by molar-refractivity contribution is 7.91. The molecule has 3 heterocycles. The lowest BCUT2D eigenvalue weighted by atomic mass is 10.0. The number of ether oxygens (including phenoxy) is 1. The average Bonchev–Trinajstić information content (AvgIpc) is 3.53. The van der Waals surface area contributed by atoms with Gasteiger partial charge in [-0.05, 0) is 48.6 Å². The molecule has 7 heteroatoms. The number of H-pyrrole nitrogens is 1. The highest BCUT2D eigenvalue weighted by Crippen LogP contribution is 2.38. The predicted molar refractivity (Wildman–Crippen MR) is 122 cm³/mol. The molecule has 0 spiro atoms. The third-order valence-electron chi connectivity index (χ3n) is 5.93. The Kier molecular flexibility index (Phi) is 4.93. The zero-order valence-corrected chi connectivity index (χ0v) is 18.5. The molecule has 1 saturated carbocycles. The summed E-state index contributed by atoms with van der Waals surface area (Å²) in [6.45, 7) is 4.30. The topological polar surface area (TPSA) is 84.9 Å². The van der Waals surface area contributed by atoms with Crippen LogP contribution < -0.4 is 4.74 Å². The maximum atomic E-state index is 12.4. The first kappa shape index (κ1) is 20.0. The number of aromatic amines is 1. The lowest BCUT2D eigenvalue weighted by Gasteiger charge is -2.10. The van der Waals surface area contributed by atoms with Gasteiger partial charge in [0.2, 0.25) is 5.88 Å². The fraction of sp³-hybridized carbons (Fsp3) is 0.333. The van der Waals surface area contributed by atoms with Gasteiger partial charge in [0.1, 0.15) is 11.2 Å². The van der Waals surface area contributed by atoms with Crippen LogP contribution in [0.1, 0.15) is 31.7 Å². The van der Waals surface area contributed by atoms with Crippen LogP contribution >= 0.6 is 0 Å². The first-order valence-corrected chi connectivity index (χ1v) is 12.3. The van der Waals surface area contributed by atoms with Crippen LogP contribution in [0, 0.1) is 12.8 Å². The van der Waals surface area contributed by atoms with Crippen molar-refractivity contribution < 1.29 is 13.2 Å². The van der Waals surface area contributed by atoms with Crippen molar-refractivity contribution in [1.29, 1.82) is 0 Å². The number of hydrogen-bond donors (Lipinski definition) is 1. The van der Waals surface area contributed by atoms with Crippen LogP contribution in [0.15, 0.2) is 47.6 Å². The standard InChI is InChI=1S/C24H25N3O3S/c1-3-31(28,29)18-6-4-5-17(12-18)20-14-26-24(30-10-9-16-7-8-16)22-21(20)19-11-15(2)13-25-23(19)27-22/h4-6,11-14,16H,3,7-10H2,1-2H3,(H,25,27). The number of nitrogens with zero attached hydrogens (tertiary/aromatic N) is 2. The summed E-state index contributed by atoms with van der Waals surface area (Å²) in [5, 5.41) is 1.93. The molecule has 1 aromatic carbocycles. The summed E-state index contributed by atoms with van der Waals surface area (Å²) in [6.07, 6.45) is 7.23. The Bertz CT molecular complexity index is 1390. The van der Waals surface area contributed by atoms with Crippen molar-refractivity contribution in [2.24, 2.45) is 5.92 Å². The zero-order chi connectivity index (χ0) is 21.6. The second-order valence-corrected chi connectivity index (χ2v) is 10.6. The van der Waals surface area contributed by atoms with Gasteiger partial charge in [-0.25, -0.2) is 18.4 Å². The van der Waals surface area contributed by atoms with Gasteiger partial charge in [-0.2, -0.15) is 0 Å². The van der Waals surface area contributed by atoms with Crippen molar-refractivity contribution >= 4 is 31.8 Å². The van der Waals surface area contributed by atoms with Crippen molar-refractivity contribution in [3.05, 3.63) is 48.3 Å². The lowest BCUT2D eigenvalue weighted by Crippen LogP contribution is -2.03. The highest BCUT2D eigenvalue weighted by atomic mass is 32.2. The minimum atomic E-state index is -3.31. The van der Waals surface area contributed by atoms with E-state index in [4.69, 9.17) is 4.74 Å². The quantitative estimate of drug-likeness (QED) is 0.439. The second-order valence-electron chi connectivity index (χ2n) is 8.27. The van der Waals surface area contributed by atoms with Gasteiger partial charge in [-0.15, -0.1) is 0 Å². The van der Waals surface area contributed by atoms with E-state index in [2.05, 4.69) is 21.0 Å². The molecule has 0 unspecified atom stereocenters. The summed E-state index contributed by atoms with van der Waals surface area (Å²) in [5.41, 5.74) is 4.27. The number of rotatable bonds is 7. The van der Waals surface area contributed by atoms with Crippen LogP contribution in [-0.4, -0.2) is 35.7 Å². The molecule has 1 N–H and O–H groups in total. The molecule has 160 valence electrons. The Morgan fingerprint density at radius 3 is 2.77 bits per heavy atom. The van der Waals surface area contributed by atoms with E-state index in [0.29, 0.717) is 17.4 Å². The van der Waals surface area contributed by atoms with E-state index in [9.17, 15) is 8.42 Å². The third kappa shape index (κ3) is 3.78. The van der Waals surface area contributed by atoms with Gasteiger partial charge >= 0.3 is 0 Å². The maximum Gasteiger partial charge on any atom is 0.238 e. The van der Waals surface area contributed by atoms with E-state index >= 15 is 0 Å². The SMILES string of the molecule is CCS(=O)(=O)c1cccc(-c2cnc(OCCC3CC3)c3[nH]c4ncc(C)cc4c23)c1. The molecule has 0 radical (unpaired) electrons. The first-order valence-electron chi connectivity index (χ1n) is 10.7. The molecule has 1 fully saturated rings. The first-order chi connectivity index (χ1) is 15.0. The van der Waals surface area contributed by atoms with E-state index < -0.39 is 9.84 Å². The van der Waals surface area contributed by atoms with Crippen LogP contribution in [0.2, 0.25) is 0 Å². The number of pyridine rings is 2. The van der Waals surface area contributed by atoms with Gasteiger partial charge in [0.15, 0.2) is 9.84 Å². The Balaban J connectivity index is 1.69. The Hall–Kier alpha value is -2.93. The predicted octanol–water partition coefficient (Wildman–Crippen LogP) is 5.06. The van der Waals surface area contributed by atoms with Crippen molar-refractivity contribution in [3.8, 4) is 17.0 Å². The van der Waals surface area contributed by atoms with E-state index in [-0.39, 0.29) is 5.75 Å². The van der Waals surface area contributed by atoms with Gasteiger partial charge in [-0.3, -0.25) is 0 Å². The van der Waals surface area contributed by atoms with Crippen LogP contribution in [0.4, 0.5) is 0 Å². The highest BCUT2D eigenvalue weighted by Gasteiger charge is 2.22. The average molecular weight is 436 g/mol. The Morgan fingerprint density at radius 1 is 1.16 bits per heavy atom. The molecule has 0 saturated heterocycles. The monoisotopic (exact) mass is 435 g/mol. The molecule has 0 amide bonds. The van der Waals surface area contributed by atoms with Gasteiger partial charge in [0.25, 0.3) is 0 Å². The van der Waals surface area contributed by atoms with Gasteiger partial charge in [-0.1, -0.05) is 31.9 Å². The smallest absolute Gasteiger partial charge is 0.238 e. The summed E-state index contributed by atoms with van der Waals surface area (Å²) < 4.78 is 30.9. The zero-order valence-electron chi connectivity index (χ0n) is 17.7. The molecule has 0 aliphatic heterocycles. The summed E-state index contributed by atoms with van der Waals surface area (Å²) in [5.74, 6) is 1.41. The van der Waals surface area contributed by atoms with Gasteiger partial charge < -0.3 is 9.72 Å². The molecular formula is C24H25N3O3S. The van der Waals surface area contributed by atoms with Gasteiger partial charge in [0, 0.05) is 28.7 Å². The molecule has 6 nitrogen and oxygen atoms in total. The Labute approximate surface area is 181 Å². The molecule has 1 aliphatic rings. The molecule has 0 atom stereocenters. The third-order valence-corrected chi connectivity index (χ3v) is 7.66. The lowest BCUT2D eigenvalue weighted by molar-refractivity contribution is 0.294. The normalized spacial score (nSPS) is 14.4. The van der Waals surface area contributed by atoms with Crippen molar-refractivity contribution in [1.82, 2.24) is 15.0 Å². The van der Waals surface area contributed by atoms with E-state index in [1.807, 2.05) is 19.2 Å². The summed E-state index contributed by atoms with van der Waals surface area (Å²) >= 11 is 0. The van der Waals surface area contributed by atoms with Crippen molar-refractivity contribution in [2.75, 3.05) is 12.4 Å². The fourth-order valence-corrected chi connectivity index (χ4v) is 4.87. The minimum Gasteiger partial charge on any atom is -0.476 e. The maximum absolute atomic E-state index is 12.4. The molecule has 0 bridgehead atoms. The number of sulfone groups is 1. The fourth-order valence-electron chi connectivity index (χ4n) is 3.95. The van der Waals surface area contributed by atoms with Crippen LogP contribution in [0.3, 0.4) is 0 Å². The molecule has 31 heavy (non-hydrogen) atoms. The van der Waals surface area contributed by atoms with E-state index in [1.165, 1.54) is 12.8 Å². The van der Waals surface area contributed by atoms with Crippen molar-refractivity contribution in [3.63, 3.8) is 0 Å². The number of nitrogens with one attached hydrogen (secondary N) is 1. The largest absolute Gasteiger partial charge is 0.476 e. The van der Waals surface area contributed by atoms with Crippen LogP contribution in [0.5, 0.6) is 5.88 Å². The minimum absolute atomic E-state index is 0.0636.